The third kappa shape index (κ3) is 1.57. The van der Waals surface area contributed by atoms with Gasteiger partial charge >= 0.3 is 0 Å². The predicted octanol–water partition coefficient (Wildman–Crippen LogP) is 3.65. The molecule has 0 saturated carbocycles. The summed E-state index contributed by atoms with van der Waals surface area (Å²) >= 11 is 1.50. The standard InChI is InChI=1S/C13H8FN3OS/c1-7-16-17-6-10(15-13(17)19-7)12-5-8-9(14)3-2-4-11(8)18-12/h2-6H,1H3. The highest BCUT2D eigenvalue weighted by atomic mass is 32.1. The molecule has 0 bridgehead atoms. The molecule has 3 aromatic heterocycles. The van der Waals surface area contributed by atoms with E-state index in [1.54, 1.807) is 28.9 Å². The van der Waals surface area contributed by atoms with E-state index in [2.05, 4.69) is 10.1 Å². The third-order valence-corrected chi connectivity index (χ3v) is 3.74. The molecule has 0 radical (unpaired) electrons. The van der Waals surface area contributed by atoms with Crippen molar-refractivity contribution in [2.45, 2.75) is 6.92 Å². The topological polar surface area (TPSA) is 43.3 Å². The van der Waals surface area contributed by atoms with E-state index < -0.39 is 0 Å². The lowest BCUT2D eigenvalue weighted by atomic mass is 10.2. The van der Waals surface area contributed by atoms with E-state index >= 15 is 0 Å². The smallest absolute Gasteiger partial charge is 0.212 e. The number of imidazole rings is 1. The zero-order valence-corrected chi connectivity index (χ0v) is 10.7. The van der Waals surface area contributed by atoms with Gasteiger partial charge in [0.15, 0.2) is 5.76 Å². The monoisotopic (exact) mass is 273 g/mol. The van der Waals surface area contributed by atoms with Crippen molar-refractivity contribution in [1.82, 2.24) is 14.6 Å². The minimum Gasteiger partial charge on any atom is -0.454 e. The van der Waals surface area contributed by atoms with Gasteiger partial charge in [-0.3, -0.25) is 0 Å². The van der Waals surface area contributed by atoms with Crippen molar-refractivity contribution in [3.8, 4) is 11.5 Å². The number of nitrogens with zero attached hydrogens (tertiary/aromatic N) is 3. The van der Waals surface area contributed by atoms with E-state index in [4.69, 9.17) is 4.42 Å². The zero-order valence-electron chi connectivity index (χ0n) is 9.92. The number of fused-ring (bicyclic) bond motifs is 2. The number of rotatable bonds is 1. The maximum Gasteiger partial charge on any atom is 0.212 e. The summed E-state index contributed by atoms with van der Waals surface area (Å²) in [5.41, 5.74) is 1.19. The van der Waals surface area contributed by atoms with Gasteiger partial charge < -0.3 is 4.42 Å². The van der Waals surface area contributed by atoms with Crippen LogP contribution in [0.4, 0.5) is 4.39 Å². The van der Waals surface area contributed by atoms with Crippen LogP contribution in [0.5, 0.6) is 0 Å². The van der Waals surface area contributed by atoms with Crippen molar-refractivity contribution in [2.24, 2.45) is 0 Å². The molecule has 4 aromatic rings. The van der Waals surface area contributed by atoms with Crippen LogP contribution in [0.1, 0.15) is 5.01 Å². The average Bonchev–Trinajstić information content (AvgIpc) is 3.00. The summed E-state index contributed by atoms with van der Waals surface area (Å²) in [6, 6.07) is 6.45. The van der Waals surface area contributed by atoms with E-state index in [1.165, 1.54) is 17.4 Å². The quantitative estimate of drug-likeness (QED) is 0.531. The van der Waals surface area contributed by atoms with Gasteiger partial charge in [-0.05, 0) is 25.1 Å². The minimum absolute atomic E-state index is 0.289. The summed E-state index contributed by atoms with van der Waals surface area (Å²) in [6.07, 6.45) is 1.79. The Bertz CT molecular complexity index is 874. The number of aryl methyl sites for hydroxylation is 1. The Morgan fingerprint density at radius 1 is 1.37 bits per heavy atom. The van der Waals surface area contributed by atoms with Crippen LogP contribution in [0.2, 0.25) is 0 Å². The Labute approximate surface area is 111 Å². The average molecular weight is 273 g/mol. The zero-order chi connectivity index (χ0) is 13.0. The molecule has 4 rings (SSSR count). The number of hydrogen-bond acceptors (Lipinski definition) is 4. The lowest BCUT2D eigenvalue weighted by Crippen LogP contribution is -1.79. The molecule has 0 unspecified atom stereocenters. The molecule has 0 aliphatic rings. The summed E-state index contributed by atoms with van der Waals surface area (Å²) < 4.78 is 20.9. The van der Waals surface area contributed by atoms with E-state index in [0.717, 1.165) is 9.97 Å². The van der Waals surface area contributed by atoms with Gasteiger partial charge in [0.25, 0.3) is 0 Å². The third-order valence-electron chi connectivity index (χ3n) is 2.90. The Morgan fingerprint density at radius 3 is 3.05 bits per heavy atom. The molecule has 0 atom stereocenters. The van der Waals surface area contributed by atoms with Crippen molar-refractivity contribution in [1.29, 1.82) is 0 Å². The summed E-state index contributed by atoms with van der Waals surface area (Å²) in [4.78, 5) is 5.23. The van der Waals surface area contributed by atoms with Crippen LogP contribution in [-0.4, -0.2) is 14.6 Å². The molecule has 0 saturated heterocycles. The van der Waals surface area contributed by atoms with Crippen LogP contribution < -0.4 is 0 Å². The van der Waals surface area contributed by atoms with E-state index in [0.29, 0.717) is 22.4 Å². The molecule has 0 aliphatic carbocycles. The molecule has 0 amide bonds. The molecule has 1 aromatic carbocycles. The van der Waals surface area contributed by atoms with Crippen molar-refractivity contribution in [3.63, 3.8) is 0 Å². The van der Waals surface area contributed by atoms with E-state index in [-0.39, 0.29) is 5.82 Å². The van der Waals surface area contributed by atoms with Gasteiger partial charge in [0, 0.05) is 0 Å². The van der Waals surface area contributed by atoms with Gasteiger partial charge in [-0.15, -0.1) is 0 Å². The van der Waals surface area contributed by atoms with Crippen LogP contribution in [0.15, 0.2) is 34.9 Å². The van der Waals surface area contributed by atoms with Crippen LogP contribution in [0.25, 0.3) is 27.4 Å². The maximum absolute atomic E-state index is 13.6. The van der Waals surface area contributed by atoms with Gasteiger partial charge in [-0.2, -0.15) is 5.10 Å². The van der Waals surface area contributed by atoms with Gasteiger partial charge in [-0.25, -0.2) is 13.9 Å². The molecule has 0 N–H and O–H groups in total. The molecular weight excluding hydrogens is 265 g/mol. The highest BCUT2D eigenvalue weighted by Gasteiger charge is 2.13. The van der Waals surface area contributed by atoms with E-state index in [1.807, 2.05) is 6.92 Å². The fraction of sp³-hybridized carbons (Fsp3) is 0.0769. The molecule has 0 aliphatic heterocycles. The Kier molecular flexibility index (Phi) is 2.05. The first kappa shape index (κ1) is 10.7. The molecule has 3 heterocycles. The Balaban J connectivity index is 1.93. The van der Waals surface area contributed by atoms with Gasteiger partial charge in [0.2, 0.25) is 4.96 Å². The van der Waals surface area contributed by atoms with Gasteiger partial charge in [-0.1, -0.05) is 17.4 Å². The van der Waals surface area contributed by atoms with Crippen LogP contribution in [0.3, 0.4) is 0 Å². The first-order chi connectivity index (χ1) is 9.20. The largest absolute Gasteiger partial charge is 0.454 e. The van der Waals surface area contributed by atoms with Crippen molar-refractivity contribution < 1.29 is 8.81 Å². The molecule has 94 valence electrons. The van der Waals surface area contributed by atoms with Crippen LogP contribution >= 0.6 is 11.3 Å². The predicted molar refractivity (Wildman–Crippen MR) is 70.8 cm³/mol. The Hall–Kier alpha value is -2.21. The summed E-state index contributed by atoms with van der Waals surface area (Å²) in [5.74, 6) is 0.262. The first-order valence-corrected chi connectivity index (χ1v) is 6.53. The van der Waals surface area contributed by atoms with Crippen molar-refractivity contribution in [2.75, 3.05) is 0 Å². The van der Waals surface area contributed by atoms with Crippen molar-refractivity contribution in [3.05, 3.63) is 41.3 Å². The fourth-order valence-electron chi connectivity index (χ4n) is 2.07. The first-order valence-electron chi connectivity index (χ1n) is 5.72. The fourth-order valence-corrected chi connectivity index (χ4v) is 2.79. The second kappa shape index (κ2) is 3.64. The molecule has 6 heteroatoms. The second-order valence-corrected chi connectivity index (χ2v) is 5.40. The minimum atomic E-state index is -0.289. The van der Waals surface area contributed by atoms with Crippen molar-refractivity contribution >= 4 is 27.3 Å². The molecule has 0 fully saturated rings. The van der Waals surface area contributed by atoms with Gasteiger partial charge in [0.1, 0.15) is 22.1 Å². The highest BCUT2D eigenvalue weighted by molar-refractivity contribution is 7.16. The Morgan fingerprint density at radius 2 is 2.26 bits per heavy atom. The lowest BCUT2D eigenvalue weighted by Gasteiger charge is -1.87. The number of aromatic nitrogens is 3. The lowest BCUT2D eigenvalue weighted by molar-refractivity contribution is 0.620. The molecule has 19 heavy (non-hydrogen) atoms. The molecule has 4 nitrogen and oxygen atoms in total. The number of halogens is 1. The summed E-state index contributed by atoms with van der Waals surface area (Å²) in [5, 5.41) is 5.71. The molecular formula is C13H8FN3OS. The summed E-state index contributed by atoms with van der Waals surface area (Å²) in [7, 11) is 0. The second-order valence-electron chi connectivity index (χ2n) is 4.24. The number of benzene rings is 1. The SMILES string of the molecule is Cc1nn2cc(-c3cc4c(F)cccc4o3)nc2s1. The van der Waals surface area contributed by atoms with E-state index in [9.17, 15) is 4.39 Å². The molecule has 0 spiro atoms. The van der Waals surface area contributed by atoms with Crippen LogP contribution in [-0.2, 0) is 0 Å². The summed E-state index contributed by atoms with van der Waals surface area (Å²) in [6.45, 7) is 1.93. The number of hydrogen-bond donors (Lipinski definition) is 0. The highest BCUT2D eigenvalue weighted by Crippen LogP contribution is 2.29. The number of furan rings is 1. The van der Waals surface area contributed by atoms with Crippen LogP contribution in [0, 0.1) is 12.7 Å². The normalized spacial score (nSPS) is 11.7. The maximum atomic E-state index is 13.6. The van der Waals surface area contributed by atoms with Gasteiger partial charge in [0.05, 0.1) is 11.6 Å².